The minimum Gasteiger partial charge on any atom is -0.459 e. The van der Waals surface area contributed by atoms with E-state index in [1.165, 1.54) is 18.4 Å². The van der Waals surface area contributed by atoms with Gasteiger partial charge in [-0.05, 0) is 37.6 Å². The third-order valence-electron chi connectivity index (χ3n) is 3.12. The van der Waals surface area contributed by atoms with Gasteiger partial charge in [0, 0.05) is 5.56 Å². The highest BCUT2D eigenvalue weighted by atomic mass is 32.2. The molecule has 2 rings (SSSR count). The van der Waals surface area contributed by atoms with E-state index >= 15 is 0 Å². The minimum absolute atomic E-state index is 0.0339. The van der Waals surface area contributed by atoms with Gasteiger partial charge < -0.3 is 9.73 Å². The number of nitrogens with two attached hydrogens (primary N) is 1. The van der Waals surface area contributed by atoms with Crippen molar-refractivity contribution in [2.45, 2.75) is 24.8 Å². The average molecular weight is 308 g/mol. The predicted molar refractivity (Wildman–Crippen MR) is 77.1 cm³/mol. The lowest BCUT2D eigenvalue weighted by Crippen LogP contribution is -2.26. The van der Waals surface area contributed by atoms with Gasteiger partial charge in [-0.2, -0.15) is 0 Å². The first kappa shape index (κ1) is 15.3. The summed E-state index contributed by atoms with van der Waals surface area (Å²) in [5, 5.41) is 7.82. The van der Waals surface area contributed by atoms with Gasteiger partial charge in [0.05, 0.1) is 17.2 Å². The van der Waals surface area contributed by atoms with Crippen molar-refractivity contribution in [3.63, 3.8) is 0 Å². The van der Waals surface area contributed by atoms with Crippen LogP contribution in [0.5, 0.6) is 0 Å². The number of primary sulfonamides is 1. The Bertz CT molecular complexity index is 748. The van der Waals surface area contributed by atoms with E-state index in [-0.39, 0.29) is 22.6 Å². The zero-order valence-electron chi connectivity index (χ0n) is 11.7. The number of carbonyl (C=O) groups is 1. The molecule has 21 heavy (non-hydrogen) atoms. The van der Waals surface area contributed by atoms with Crippen LogP contribution in [0.2, 0.25) is 0 Å². The number of aryl methyl sites for hydroxylation is 1. The van der Waals surface area contributed by atoms with Crippen LogP contribution in [0.3, 0.4) is 0 Å². The molecule has 3 N–H and O–H groups in total. The molecule has 0 bridgehead atoms. The first-order valence-corrected chi connectivity index (χ1v) is 7.81. The second-order valence-electron chi connectivity index (χ2n) is 4.74. The van der Waals surface area contributed by atoms with Crippen molar-refractivity contribution >= 4 is 15.9 Å². The van der Waals surface area contributed by atoms with E-state index in [0.29, 0.717) is 0 Å². The molecule has 0 fully saturated rings. The van der Waals surface area contributed by atoms with Gasteiger partial charge >= 0.3 is 0 Å². The second-order valence-corrected chi connectivity index (χ2v) is 6.30. The van der Waals surface area contributed by atoms with Crippen LogP contribution < -0.4 is 10.5 Å². The molecule has 0 saturated carbocycles. The van der Waals surface area contributed by atoms with Crippen molar-refractivity contribution in [3.05, 3.63) is 53.5 Å². The molecule has 1 heterocycles. The maximum absolute atomic E-state index is 12.0. The molecule has 0 spiro atoms. The highest BCUT2D eigenvalue weighted by Gasteiger charge is 2.16. The number of carbonyl (C=O) groups excluding carboxylic acids is 1. The first-order chi connectivity index (χ1) is 9.79. The van der Waals surface area contributed by atoms with Crippen LogP contribution >= 0.6 is 0 Å². The fourth-order valence-corrected chi connectivity index (χ4v) is 2.41. The molecule has 1 aromatic heterocycles. The van der Waals surface area contributed by atoms with Crippen molar-refractivity contribution in [1.82, 2.24) is 5.32 Å². The molecule has 0 aliphatic heterocycles. The van der Waals surface area contributed by atoms with Crippen LogP contribution in [-0.4, -0.2) is 14.3 Å². The summed E-state index contributed by atoms with van der Waals surface area (Å²) >= 11 is 0. The molecule has 6 nitrogen and oxygen atoms in total. The van der Waals surface area contributed by atoms with Crippen molar-refractivity contribution in [2.75, 3.05) is 0 Å². The Labute approximate surface area is 123 Å². The number of benzene rings is 1. The fraction of sp³-hybridized carbons (Fsp3) is 0.214. The molecule has 0 aliphatic rings. The topological polar surface area (TPSA) is 102 Å². The van der Waals surface area contributed by atoms with Gasteiger partial charge in [-0.1, -0.05) is 12.1 Å². The number of nitrogens with one attached hydrogen (secondary N) is 1. The van der Waals surface area contributed by atoms with E-state index in [2.05, 4.69) is 5.32 Å². The van der Waals surface area contributed by atoms with Crippen LogP contribution in [-0.2, 0) is 10.0 Å². The lowest BCUT2D eigenvalue weighted by molar-refractivity contribution is 0.0911. The summed E-state index contributed by atoms with van der Waals surface area (Å²) in [7, 11) is -3.71. The Morgan fingerprint density at radius 1 is 1.24 bits per heavy atom. The zero-order chi connectivity index (χ0) is 15.6. The third-order valence-corrected chi connectivity index (χ3v) is 4.05. The molecule has 0 radical (unpaired) electrons. The number of hydrogen-bond donors (Lipinski definition) is 2. The molecule has 1 amide bonds. The number of sulfonamides is 1. The van der Waals surface area contributed by atoms with Gasteiger partial charge in [-0.15, -0.1) is 0 Å². The maximum Gasteiger partial charge on any atom is 0.287 e. The standard InChI is InChI=1S/C14H16N2O4S/c1-9-7-8-20-13(9)14(17)16-10(2)11-3-5-12(6-4-11)21(15,18)19/h3-8,10H,1-2H3,(H,16,17)(H2,15,18,19). The van der Waals surface area contributed by atoms with Gasteiger partial charge in [-0.3, -0.25) is 4.79 Å². The van der Waals surface area contributed by atoms with Crippen molar-refractivity contribution < 1.29 is 17.6 Å². The quantitative estimate of drug-likeness (QED) is 0.897. The Kier molecular flexibility index (Phi) is 4.15. The molecular formula is C14H16N2O4S. The summed E-state index contributed by atoms with van der Waals surface area (Å²) in [6.45, 7) is 3.58. The van der Waals surface area contributed by atoms with Gasteiger partial charge in [0.25, 0.3) is 5.91 Å². The van der Waals surface area contributed by atoms with E-state index < -0.39 is 10.0 Å². The Morgan fingerprint density at radius 3 is 2.33 bits per heavy atom. The monoisotopic (exact) mass is 308 g/mol. The van der Waals surface area contributed by atoms with Crippen molar-refractivity contribution in [1.29, 1.82) is 0 Å². The number of hydrogen-bond acceptors (Lipinski definition) is 4. The van der Waals surface area contributed by atoms with E-state index in [1.807, 2.05) is 0 Å². The normalized spacial score (nSPS) is 12.9. The maximum atomic E-state index is 12.0. The van der Waals surface area contributed by atoms with Crippen LogP contribution in [0.4, 0.5) is 0 Å². The highest BCUT2D eigenvalue weighted by molar-refractivity contribution is 7.89. The molecule has 112 valence electrons. The molecule has 1 atom stereocenters. The van der Waals surface area contributed by atoms with Crippen LogP contribution in [0.15, 0.2) is 45.9 Å². The minimum atomic E-state index is -3.71. The zero-order valence-corrected chi connectivity index (χ0v) is 12.5. The Morgan fingerprint density at radius 2 is 1.86 bits per heavy atom. The van der Waals surface area contributed by atoms with Crippen LogP contribution in [0.1, 0.15) is 34.6 Å². The Hall–Kier alpha value is -2.12. The molecule has 7 heteroatoms. The molecule has 1 unspecified atom stereocenters. The van der Waals surface area contributed by atoms with E-state index in [4.69, 9.17) is 9.56 Å². The van der Waals surface area contributed by atoms with Gasteiger partial charge in [0.2, 0.25) is 10.0 Å². The molecule has 0 aliphatic carbocycles. The predicted octanol–water partition coefficient (Wildman–Crippen LogP) is 1.73. The van der Waals surface area contributed by atoms with E-state index in [0.717, 1.165) is 11.1 Å². The first-order valence-electron chi connectivity index (χ1n) is 6.27. The smallest absolute Gasteiger partial charge is 0.287 e. The highest BCUT2D eigenvalue weighted by Crippen LogP contribution is 2.17. The number of furan rings is 1. The largest absolute Gasteiger partial charge is 0.459 e. The van der Waals surface area contributed by atoms with Gasteiger partial charge in [-0.25, -0.2) is 13.6 Å². The summed E-state index contributed by atoms with van der Waals surface area (Å²) in [6.07, 6.45) is 1.45. The van der Waals surface area contributed by atoms with Crippen LogP contribution in [0.25, 0.3) is 0 Å². The molecular weight excluding hydrogens is 292 g/mol. The van der Waals surface area contributed by atoms with Crippen LogP contribution in [0, 0.1) is 6.92 Å². The summed E-state index contributed by atoms with van der Waals surface area (Å²) in [5.74, 6) is -0.0523. The molecule has 1 aromatic carbocycles. The van der Waals surface area contributed by atoms with Gasteiger partial charge in [0.1, 0.15) is 0 Å². The average Bonchev–Trinajstić information content (AvgIpc) is 2.84. The fourth-order valence-electron chi connectivity index (χ4n) is 1.90. The summed E-state index contributed by atoms with van der Waals surface area (Å²) in [6, 6.07) is 7.45. The lowest BCUT2D eigenvalue weighted by atomic mass is 10.1. The Balaban J connectivity index is 2.12. The molecule has 2 aromatic rings. The number of amides is 1. The van der Waals surface area contributed by atoms with E-state index in [9.17, 15) is 13.2 Å². The third kappa shape index (κ3) is 3.50. The van der Waals surface area contributed by atoms with E-state index in [1.54, 1.807) is 32.0 Å². The second kappa shape index (κ2) is 5.71. The molecule has 0 saturated heterocycles. The van der Waals surface area contributed by atoms with Gasteiger partial charge in [0.15, 0.2) is 5.76 Å². The number of rotatable bonds is 4. The lowest BCUT2D eigenvalue weighted by Gasteiger charge is -2.14. The summed E-state index contributed by atoms with van der Waals surface area (Å²) in [5.41, 5.74) is 1.52. The summed E-state index contributed by atoms with van der Waals surface area (Å²) in [4.78, 5) is 12.0. The van der Waals surface area contributed by atoms with Crippen molar-refractivity contribution in [3.8, 4) is 0 Å². The summed E-state index contributed by atoms with van der Waals surface area (Å²) < 4.78 is 27.5. The SMILES string of the molecule is Cc1ccoc1C(=O)NC(C)c1ccc(S(N)(=O)=O)cc1. The van der Waals surface area contributed by atoms with Crippen molar-refractivity contribution in [2.24, 2.45) is 5.14 Å².